The third-order valence-electron chi connectivity index (χ3n) is 4.93. The summed E-state index contributed by atoms with van der Waals surface area (Å²) in [7, 11) is 0. The lowest BCUT2D eigenvalue weighted by Gasteiger charge is -2.43. The Morgan fingerprint density at radius 3 is 2.86 bits per heavy atom. The van der Waals surface area contributed by atoms with Crippen LogP contribution < -0.4 is 4.74 Å². The van der Waals surface area contributed by atoms with Gasteiger partial charge in [-0.15, -0.1) is 0 Å². The second-order valence-corrected chi connectivity index (χ2v) is 7.08. The summed E-state index contributed by atoms with van der Waals surface area (Å²) in [5.41, 5.74) is 2.59. The van der Waals surface area contributed by atoms with Gasteiger partial charge in [0.1, 0.15) is 11.9 Å². The van der Waals surface area contributed by atoms with Gasteiger partial charge in [0.15, 0.2) is 0 Å². The van der Waals surface area contributed by atoms with Crippen molar-refractivity contribution in [1.29, 1.82) is 0 Å². The Morgan fingerprint density at radius 2 is 2.10 bits per heavy atom. The minimum atomic E-state index is 0.110. The van der Waals surface area contributed by atoms with E-state index in [0.717, 1.165) is 30.5 Å². The quantitative estimate of drug-likeness (QED) is 0.700. The number of hydrogen-bond donors (Lipinski definition) is 0. The molecule has 1 spiro atoms. The number of rotatable bonds is 3. The molecule has 0 aromatic heterocycles. The molecule has 0 bridgehead atoms. The fourth-order valence-electron chi connectivity index (χ4n) is 3.78. The number of halogens is 1. The summed E-state index contributed by atoms with van der Waals surface area (Å²) < 4.78 is 12.6. The van der Waals surface area contributed by atoms with Crippen LogP contribution in [-0.4, -0.2) is 18.3 Å². The Labute approximate surface area is 136 Å². The van der Waals surface area contributed by atoms with Crippen LogP contribution in [0.25, 0.3) is 0 Å². The first kappa shape index (κ1) is 15.4. The van der Waals surface area contributed by atoms with Crippen LogP contribution in [0.1, 0.15) is 56.1 Å². The molecular formula is C18H25BrO2. The van der Waals surface area contributed by atoms with Gasteiger partial charge in [-0.2, -0.15) is 0 Å². The van der Waals surface area contributed by atoms with E-state index in [1.807, 2.05) is 0 Å². The van der Waals surface area contributed by atoms with E-state index in [-0.39, 0.29) is 5.60 Å². The van der Waals surface area contributed by atoms with Gasteiger partial charge < -0.3 is 9.47 Å². The monoisotopic (exact) mass is 352 g/mol. The van der Waals surface area contributed by atoms with Crippen molar-refractivity contribution in [3.63, 3.8) is 0 Å². The molecule has 21 heavy (non-hydrogen) atoms. The second-order valence-electron chi connectivity index (χ2n) is 6.52. The van der Waals surface area contributed by atoms with Crippen molar-refractivity contribution >= 4 is 15.9 Å². The maximum absolute atomic E-state index is 6.43. The van der Waals surface area contributed by atoms with Gasteiger partial charge in [-0.05, 0) is 25.3 Å². The first-order valence-corrected chi connectivity index (χ1v) is 9.30. The van der Waals surface area contributed by atoms with Crippen LogP contribution in [-0.2, 0) is 10.1 Å². The van der Waals surface area contributed by atoms with Crippen LogP contribution in [0.15, 0.2) is 18.2 Å². The van der Waals surface area contributed by atoms with E-state index >= 15 is 0 Å². The number of alkyl halides is 1. The Kier molecular flexibility index (Phi) is 4.90. The molecule has 0 radical (unpaired) electrons. The fourth-order valence-corrected chi connectivity index (χ4v) is 4.22. The Bertz CT molecular complexity index is 475. The minimum Gasteiger partial charge on any atom is -0.490 e. The van der Waals surface area contributed by atoms with Gasteiger partial charge in [0.25, 0.3) is 0 Å². The van der Waals surface area contributed by atoms with Crippen LogP contribution >= 0.6 is 15.9 Å². The zero-order valence-corrected chi connectivity index (χ0v) is 14.5. The molecule has 1 heterocycles. The van der Waals surface area contributed by atoms with Crippen molar-refractivity contribution in [1.82, 2.24) is 0 Å². The average Bonchev–Trinajstić information content (AvgIpc) is 2.50. The molecule has 3 heteroatoms. The highest BCUT2D eigenvalue weighted by molar-refractivity contribution is 9.08. The summed E-state index contributed by atoms with van der Waals surface area (Å²) in [6, 6.07) is 6.38. The number of para-hydroxylation sites is 1. The maximum Gasteiger partial charge on any atom is 0.126 e. The van der Waals surface area contributed by atoms with Crippen molar-refractivity contribution in [2.75, 3.05) is 6.61 Å². The van der Waals surface area contributed by atoms with Crippen LogP contribution in [0.2, 0.25) is 0 Å². The van der Waals surface area contributed by atoms with E-state index < -0.39 is 0 Å². The third kappa shape index (κ3) is 3.45. The molecule has 2 aliphatic rings. The minimum absolute atomic E-state index is 0.110. The number of hydrogen-bond acceptors (Lipinski definition) is 2. The normalized spacial score (nSPS) is 25.0. The second kappa shape index (κ2) is 6.70. The molecule has 0 N–H and O–H groups in total. The van der Waals surface area contributed by atoms with E-state index in [0.29, 0.717) is 6.10 Å². The molecule has 1 aromatic carbocycles. The molecule has 1 unspecified atom stereocenters. The van der Waals surface area contributed by atoms with Crippen LogP contribution in [0.4, 0.5) is 0 Å². The van der Waals surface area contributed by atoms with Gasteiger partial charge in [-0.3, -0.25) is 0 Å². The van der Waals surface area contributed by atoms with Crippen LogP contribution in [0.3, 0.4) is 0 Å². The lowest BCUT2D eigenvalue weighted by Crippen LogP contribution is -2.45. The van der Waals surface area contributed by atoms with Gasteiger partial charge >= 0.3 is 0 Å². The average molecular weight is 353 g/mol. The van der Waals surface area contributed by atoms with E-state index in [2.05, 4.69) is 41.1 Å². The van der Waals surface area contributed by atoms with E-state index in [1.165, 1.54) is 43.2 Å². The molecule has 116 valence electrons. The summed E-state index contributed by atoms with van der Waals surface area (Å²) in [5.74, 6) is 1.08. The van der Waals surface area contributed by atoms with E-state index in [9.17, 15) is 0 Å². The van der Waals surface area contributed by atoms with Crippen LogP contribution in [0, 0.1) is 6.92 Å². The molecule has 1 aromatic rings. The Hall–Kier alpha value is -0.540. The third-order valence-corrected chi connectivity index (χ3v) is 5.54. The van der Waals surface area contributed by atoms with Gasteiger partial charge in [0.2, 0.25) is 0 Å². The molecule has 1 saturated heterocycles. The SMILES string of the molecule is Cc1cccc(CBr)c1OC1CCOC2(CCCCC2)C1. The molecule has 1 aliphatic heterocycles. The van der Waals surface area contributed by atoms with Gasteiger partial charge in [-0.25, -0.2) is 0 Å². The Morgan fingerprint density at radius 1 is 1.29 bits per heavy atom. The number of ether oxygens (including phenoxy) is 2. The summed E-state index contributed by atoms with van der Waals surface area (Å²) in [4.78, 5) is 0. The van der Waals surface area contributed by atoms with E-state index in [1.54, 1.807) is 0 Å². The number of benzene rings is 1. The molecular weight excluding hydrogens is 328 g/mol. The van der Waals surface area contributed by atoms with Crippen molar-refractivity contribution in [2.45, 2.75) is 68.9 Å². The summed E-state index contributed by atoms with van der Waals surface area (Å²) >= 11 is 3.57. The molecule has 2 fully saturated rings. The van der Waals surface area contributed by atoms with Crippen molar-refractivity contribution in [3.05, 3.63) is 29.3 Å². The fraction of sp³-hybridized carbons (Fsp3) is 0.667. The highest BCUT2D eigenvalue weighted by atomic mass is 79.9. The van der Waals surface area contributed by atoms with Gasteiger partial charge in [0, 0.05) is 23.7 Å². The van der Waals surface area contributed by atoms with Crippen molar-refractivity contribution in [3.8, 4) is 5.75 Å². The number of aryl methyl sites for hydroxylation is 1. The molecule has 1 aliphatic carbocycles. The standard InChI is InChI=1S/C18H25BrO2/c1-14-6-5-7-15(13-19)17(14)21-16-8-11-20-18(12-16)9-3-2-4-10-18/h5-7,16H,2-4,8-13H2,1H3. The van der Waals surface area contributed by atoms with Gasteiger partial charge in [0.05, 0.1) is 12.2 Å². The largest absolute Gasteiger partial charge is 0.490 e. The Balaban J connectivity index is 1.73. The topological polar surface area (TPSA) is 18.5 Å². The lowest BCUT2D eigenvalue weighted by molar-refractivity contribution is -0.129. The summed E-state index contributed by atoms with van der Waals surface area (Å²) in [6.07, 6.45) is 8.78. The first-order chi connectivity index (χ1) is 10.2. The highest BCUT2D eigenvalue weighted by Gasteiger charge is 2.39. The summed E-state index contributed by atoms with van der Waals surface area (Å²) in [6.45, 7) is 2.98. The molecule has 1 saturated carbocycles. The molecule has 1 atom stereocenters. The first-order valence-electron chi connectivity index (χ1n) is 8.17. The highest BCUT2D eigenvalue weighted by Crippen LogP contribution is 2.40. The lowest BCUT2D eigenvalue weighted by atomic mass is 9.79. The zero-order chi connectivity index (χ0) is 14.7. The summed E-state index contributed by atoms with van der Waals surface area (Å²) in [5, 5.41) is 0.846. The van der Waals surface area contributed by atoms with E-state index in [4.69, 9.17) is 9.47 Å². The molecule has 3 rings (SSSR count). The van der Waals surface area contributed by atoms with Crippen molar-refractivity contribution < 1.29 is 9.47 Å². The van der Waals surface area contributed by atoms with Gasteiger partial charge in [-0.1, -0.05) is 53.4 Å². The predicted molar refractivity (Wildman–Crippen MR) is 89.2 cm³/mol. The maximum atomic E-state index is 6.43. The zero-order valence-electron chi connectivity index (χ0n) is 12.9. The van der Waals surface area contributed by atoms with Crippen molar-refractivity contribution in [2.24, 2.45) is 0 Å². The smallest absolute Gasteiger partial charge is 0.126 e. The molecule has 2 nitrogen and oxygen atoms in total. The van der Waals surface area contributed by atoms with Crippen LogP contribution in [0.5, 0.6) is 5.75 Å². The predicted octanol–water partition coefficient (Wildman–Crippen LogP) is 5.15. The molecule has 0 amide bonds.